The Balaban J connectivity index is 2.59. The molecule has 0 aromatic heterocycles. The monoisotopic (exact) mass is 252 g/mol. The second-order valence-electron chi connectivity index (χ2n) is 5.29. The third kappa shape index (κ3) is 4.00. The van der Waals surface area contributed by atoms with Crippen LogP contribution in [0.15, 0.2) is 24.3 Å². The van der Waals surface area contributed by atoms with E-state index in [0.29, 0.717) is 12.2 Å². The van der Waals surface area contributed by atoms with Gasteiger partial charge in [0.15, 0.2) is 0 Å². The molecule has 0 aliphatic carbocycles. The number of hydrogen-bond donors (Lipinski definition) is 2. The average Bonchev–Trinajstić information content (AvgIpc) is 2.36. The van der Waals surface area contributed by atoms with E-state index in [0.717, 1.165) is 5.56 Å². The minimum Gasteiger partial charge on any atom is -0.491 e. The molecule has 1 rings (SSSR count). The van der Waals surface area contributed by atoms with Crippen molar-refractivity contribution in [3.63, 3.8) is 0 Å². The molecule has 0 spiro atoms. The van der Waals surface area contributed by atoms with Gasteiger partial charge in [-0.1, -0.05) is 32.9 Å². The Bertz CT molecular complexity index is 355. The van der Waals surface area contributed by atoms with E-state index in [2.05, 4.69) is 0 Å². The van der Waals surface area contributed by atoms with Crippen LogP contribution in [-0.4, -0.2) is 22.4 Å². The van der Waals surface area contributed by atoms with Gasteiger partial charge in [-0.05, 0) is 37.0 Å². The molecule has 0 aliphatic heterocycles. The summed E-state index contributed by atoms with van der Waals surface area (Å²) in [5.41, 5.74) is 0.0576. The van der Waals surface area contributed by atoms with E-state index >= 15 is 0 Å². The lowest BCUT2D eigenvalue weighted by Crippen LogP contribution is -2.37. The van der Waals surface area contributed by atoms with Crippen LogP contribution in [0.1, 0.15) is 45.8 Å². The molecule has 2 atom stereocenters. The van der Waals surface area contributed by atoms with Gasteiger partial charge in [-0.3, -0.25) is 0 Å². The Morgan fingerprint density at radius 3 is 2.22 bits per heavy atom. The summed E-state index contributed by atoms with van der Waals surface area (Å²) in [6, 6.07) is 7.36. The van der Waals surface area contributed by atoms with Crippen molar-refractivity contribution in [1.82, 2.24) is 0 Å². The average molecular weight is 252 g/mol. The maximum atomic E-state index is 10.1. The Morgan fingerprint density at radius 2 is 1.78 bits per heavy atom. The molecule has 18 heavy (non-hydrogen) atoms. The smallest absolute Gasteiger partial charge is 0.119 e. The molecule has 1 aromatic carbocycles. The lowest BCUT2D eigenvalue weighted by molar-refractivity contribution is -0.0266. The summed E-state index contributed by atoms with van der Waals surface area (Å²) < 4.78 is 5.57. The quantitative estimate of drug-likeness (QED) is 0.818. The maximum absolute atomic E-state index is 10.1. The van der Waals surface area contributed by atoms with E-state index in [1.54, 1.807) is 6.92 Å². The zero-order chi connectivity index (χ0) is 13.8. The molecule has 0 amide bonds. The van der Waals surface area contributed by atoms with Crippen molar-refractivity contribution < 1.29 is 14.9 Å². The fourth-order valence-corrected chi connectivity index (χ4v) is 1.42. The van der Waals surface area contributed by atoms with Crippen LogP contribution in [0.2, 0.25) is 0 Å². The van der Waals surface area contributed by atoms with Crippen LogP contribution < -0.4 is 4.74 Å². The van der Waals surface area contributed by atoms with Gasteiger partial charge in [0.2, 0.25) is 0 Å². The first-order chi connectivity index (χ1) is 8.36. The Morgan fingerprint density at radius 1 is 1.22 bits per heavy atom. The molecule has 2 N–H and O–H groups in total. The summed E-state index contributed by atoms with van der Waals surface area (Å²) in [6.45, 7) is 7.90. The third-order valence-corrected chi connectivity index (χ3v) is 3.43. The number of rotatable bonds is 6. The molecule has 3 nitrogen and oxygen atoms in total. The van der Waals surface area contributed by atoms with E-state index < -0.39 is 11.7 Å². The molecule has 1 aromatic rings. The molecule has 0 saturated carbocycles. The number of benzene rings is 1. The number of ether oxygens (including phenoxy) is 1. The molecule has 2 unspecified atom stereocenters. The summed E-state index contributed by atoms with van der Waals surface area (Å²) >= 11 is 0. The van der Waals surface area contributed by atoms with E-state index in [1.165, 1.54) is 0 Å². The van der Waals surface area contributed by atoms with Crippen molar-refractivity contribution in [3.05, 3.63) is 29.8 Å². The van der Waals surface area contributed by atoms with E-state index in [-0.39, 0.29) is 12.5 Å². The second kappa shape index (κ2) is 6.21. The zero-order valence-electron chi connectivity index (χ0n) is 11.7. The Kier molecular flexibility index (Phi) is 5.17. The molecule has 0 saturated heterocycles. The molecule has 102 valence electrons. The normalized spacial score (nSPS) is 16.4. The molecule has 0 bridgehead atoms. The summed E-state index contributed by atoms with van der Waals surface area (Å²) in [4.78, 5) is 0. The van der Waals surface area contributed by atoms with Crippen molar-refractivity contribution in [3.8, 4) is 5.75 Å². The van der Waals surface area contributed by atoms with Gasteiger partial charge in [0, 0.05) is 0 Å². The van der Waals surface area contributed by atoms with Crippen LogP contribution in [0.25, 0.3) is 0 Å². The molecular weight excluding hydrogens is 228 g/mol. The van der Waals surface area contributed by atoms with Crippen molar-refractivity contribution in [1.29, 1.82) is 0 Å². The minimum atomic E-state index is -0.832. The molecular formula is C15H24O3. The van der Waals surface area contributed by atoms with Crippen molar-refractivity contribution in [2.75, 3.05) is 6.61 Å². The highest BCUT2D eigenvalue weighted by molar-refractivity contribution is 5.28. The first-order valence-corrected chi connectivity index (χ1v) is 6.50. The standard InChI is InChI=1S/C15H24O3/c1-5-14(16)12-6-8-13(9-7-12)18-10-15(4,17)11(2)3/h6-9,11,14,16-17H,5,10H2,1-4H3. The first-order valence-electron chi connectivity index (χ1n) is 6.50. The molecule has 3 heteroatoms. The van der Waals surface area contributed by atoms with Gasteiger partial charge in [-0.15, -0.1) is 0 Å². The van der Waals surface area contributed by atoms with Gasteiger partial charge in [-0.2, -0.15) is 0 Å². The maximum Gasteiger partial charge on any atom is 0.119 e. The SMILES string of the molecule is CCC(O)c1ccc(OCC(C)(O)C(C)C)cc1. The van der Waals surface area contributed by atoms with Crippen LogP contribution >= 0.6 is 0 Å². The van der Waals surface area contributed by atoms with Gasteiger partial charge < -0.3 is 14.9 Å². The summed E-state index contributed by atoms with van der Waals surface area (Å²) in [6.07, 6.45) is 0.278. The molecule has 0 radical (unpaired) electrons. The van der Waals surface area contributed by atoms with Crippen LogP contribution in [0, 0.1) is 5.92 Å². The van der Waals surface area contributed by atoms with Crippen molar-refractivity contribution >= 4 is 0 Å². The highest BCUT2D eigenvalue weighted by atomic mass is 16.5. The summed E-state index contributed by atoms with van der Waals surface area (Å²) in [5.74, 6) is 0.849. The summed E-state index contributed by atoms with van der Waals surface area (Å²) in [5, 5.41) is 19.7. The van der Waals surface area contributed by atoms with E-state index in [1.807, 2.05) is 45.0 Å². The van der Waals surface area contributed by atoms with Gasteiger partial charge in [0.05, 0.1) is 11.7 Å². The Hall–Kier alpha value is -1.06. The van der Waals surface area contributed by atoms with Gasteiger partial charge in [-0.25, -0.2) is 0 Å². The lowest BCUT2D eigenvalue weighted by atomic mass is 9.94. The van der Waals surface area contributed by atoms with Crippen molar-refractivity contribution in [2.45, 2.75) is 45.8 Å². The molecule has 0 fully saturated rings. The van der Waals surface area contributed by atoms with Gasteiger partial charge in [0.1, 0.15) is 12.4 Å². The van der Waals surface area contributed by atoms with Crippen LogP contribution in [0.4, 0.5) is 0 Å². The molecule has 0 heterocycles. The largest absolute Gasteiger partial charge is 0.491 e. The van der Waals surface area contributed by atoms with E-state index in [9.17, 15) is 10.2 Å². The highest BCUT2D eigenvalue weighted by Gasteiger charge is 2.25. The van der Waals surface area contributed by atoms with E-state index in [4.69, 9.17) is 4.74 Å². The first kappa shape index (κ1) is 15.0. The topological polar surface area (TPSA) is 49.7 Å². The van der Waals surface area contributed by atoms with Crippen LogP contribution in [0.3, 0.4) is 0 Å². The zero-order valence-corrected chi connectivity index (χ0v) is 11.7. The minimum absolute atomic E-state index is 0.138. The number of hydrogen-bond acceptors (Lipinski definition) is 3. The number of aliphatic hydroxyl groups is 2. The highest BCUT2D eigenvalue weighted by Crippen LogP contribution is 2.22. The fourth-order valence-electron chi connectivity index (χ4n) is 1.42. The predicted octanol–water partition coefficient (Wildman–Crippen LogP) is 2.92. The van der Waals surface area contributed by atoms with Crippen LogP contribution in [0.5, 0.6) is 5.75 Å². The summed E-state index contributed by atoms with van der Waals surface area (Å²) in [7, 11) is 0. The Labute approximate surface area is 109 Å². The second-order valence-corrected chi connectivity index (χ2v) is 5.29. The van der Waals surface area contributed by atoms with Gasteiger partial charge >= 0.3 is 0 Å². The molecule has 0 aliphatic rings. The van der Waals surface area contributed by atoms with Crippen LogP contribution in [-0.2, 0) is 0 Å². The lowest BCUT2D eigenvalue weighted by Gasteiger charge is -2.27. The fraction of sp³-hybridized carbons (Fsp3) is 0.600. The predicted molar refractivity (Wildman–Crippen MR) is 72.6 cm³/mol. The van der Waals surface area contributed by atoms with Crippen molar-refractivity contribution in [2.24, 2.45) is 5.92 Å². The van der Waals surface area contributed by atoms with Gasteiger partial charge in [0.25, 0.3) is 0 Å². The third-order valence-electron chi connectivity index (χ3n) is 3.43. The number of aliphatic hydroxyl groups excluding tert-OH is 1.